The number of ether oxygens (including phenoxy) is 2. The summed E-state index contributed by atoms with van der Waals surface area (Å²) in [6, 6.07) is 10.9. The second-order valence-corrected chi connectivity index (χ2v) is 8.24. The lowest BCUT2D eigenvalue weighted by atomic mass is 10.0. The van der Waals surface area contributed by atoms with Gasteiger partial charge >= 0.3 is 5.97 Å². The fourth-order valence-electron chi connectivity index (χ4n) is 2.63. The van der Waals surface area contributed by atoms with Gasteiger partial charge in [-0.2, -0.15) is 0 Å². The fourth-order valence-corrected chi connectivity index (χ4v) is 4.26. The van der Waals surface area contributed by atoms with Crippen LogP contribution in [0.4, 0.5) is 0 Å². The quantitative estimate of drug-likeness (QED) is 0.613. The van der Waals surface area contributed by atoms with Crippen molar-refractivity contribution in [2.75, 3.05) is 13.2 Å². The highest BCUT2D eigenvalue weighted by molar-refractivity contribution is 7.89. The summed E-state index contributed by atoms with van der Waals surface area (Å²) < 4.78 is 39.2. The molecule has 28 heavy (non-hydrogen) atoms. The molecule has 0 saturated heterocycles. The fraction of sp³-hybridized carbons (Fsp3) is 0.350. The maximum absolute atomic E-state index is 13.1. The van der Waals surface area contributed by atoms with Crippen LogP contribution in [-0.4, -0.2) is 27.6 Å². The lowest BCUT2D eigenvalue weighted by Crippen LogP contribution is -2.31. The molecule has 0 aromatic heterocycles. The molecular formula is C20H24ClNO5S. The molecule has 152 valence electrons. The van der Waals surface area contributed by atoms with Gasteiger partial charge in [0, 0.05) is 5.02 Å². The third-order valence-corrected chi connectivity index (χ3v) is 5.68. The highest BCUT2D eigenvalue weighted by Crippen LogP contribution is 2.29. The number of carbonyl (C=O) groups excluding carboxylic acids is 1. The molecule has 8 heteroatoms. The first-order valence-corrected chi connectivity index (χ1v) is 10.8. The van der Waals surface area contributed by atoms with Crippen molar-refractivity contribution in [3.8, 4) is 5.75 Å². The maximum atomic E-state index is 13.1. The first-order valence-electron chi connectivity index (χ1n) is 8.93. The van der Waals surface area contributed by atoms with E-state index < -0.39 is 22.0 Å². The Hall–Kier alpha value is -2.09. The lowest BCUT2D eigenvalue weighted by Gasteiger charge is -2.20. The van der Waals surface area contributed by atoms with Gasteiger partial charge in [-0.05, 0) is 44.5 Å². The van der Waals surface area contributed by atoms with Gasteiger partial charge in [-0.1, -0.05) is 41.4 Å². The van der Waals surface area contributed by atoms with Crippen LogP contribution in [0, 0.1) is 6.92 Å². The van der Waals surface area contributed by atoms with Crippen molar-refractivity contribution in [1.29, 1.82) is 0 Å². The van der Waals surface area contributed by atoms with Gasteiger partial charge in [0.25, 0.3) is 0 Å². The summed E-state index contributed by atoms with van der Waals surface area (Å²) in [7, 11) is -4.02. The summed E-state index contributed by atoms with van der Waals surface area (Å²) in [6.07, 6.45) is -0.138. The van der Waals surface area contributed by atoms with Crippen molar-refractivity contribution in [2.24, 2.45) is 0 Å². The van der Waals surface area contributed by atoms with E-state index in [0.29, 0.717) is 12.2 Å². The zero-order valence-corrected chi connectivity index (χ0v) is 17.6. The van der Waals surface area contributed by atoms with E-state index in [1.807, 2.05) is 19.1 Å². The van der Waals surface area contributed by atoms with Gasteiger partial charge in [0.15, 0.2) is 0 Å². The number of aryl methyl sites for hydroxylation is 1. The average molecular weight is 426 g/mol. The summed E-state index contributed by atoms with van der Waals surface area (Å²) in [5, 5.41) is 0.265. The molecule has 0 aliphatic rings. The number of benzene rings is 2. The molecule has 0 unspecified atom stereocenters. The summed E-state index contributed by atoms with van der Waals surface area (Å²) in [4.78, 5) is 12.0. The van der Waals surface area contributed by atoms with Crippen LogP contribution >= 0.6 is 11.6 Å². The zero-order valence-electron chi connectivity index (χ0n) is 16.1. The Kier molecular flexibility index (Phi) is 7.86. The molecule has 0 aliphatic carbocycles. The highest BCUT2D eigenvalue weighted by atomic mass is 35.5. The van der Waals surface area contributed by atoms with Crippen molar-refractivity contribution < 1.29 is 22.7 Å². The predicted octanol–water partition coefficient (Wildman–Crippen LogP) is 4.02. The maximum Gasteiger partial charge on any atom is 0.307 e. The van der Waals surface area contributed by atoms with Crippen molar-refractivity contribution in [3.05, 3.63) is 58.6 Å². The number of rotatable bonds is 9. The van der Waals surface area contributed by atoms with Gasteiger partial charge < -0.3 is 9.47 Å². The molecule has 0 bridgehead atoms. The Morgan fingerprint density at radius 2 is 1.79 bits per heavy atom. The molecule has 0 heterocycles. The number of halogens is 1. The van der Waals surface area contributed by atoms with Gasteiger partial charge in [-0.15, -0.1) is 0 Å². The molecule has 1 atom stereocenters. The molecule has 0 amide bonds. The summed E-state index contributed by atoms with van der Waals surface area (Å²) in [6.45, 7) is 5.90. The van der Waals surface area contributed by atoms with E-state index in [1.165, 1.54) is 12.1 Å². The Morgan fingerprint density at radius 3 is 2.39 bits per heavy atom. The van der Waals surface area contributed by atoms with E-state index in [1.54, 1.807) is 32.0 Å². The van der Waals surface area contributed by atoms with Crippen LogP contribution in [0.3, 0.4) is 0 Å². The minimum absolute atomic E-state index is 0.0807. The van der Waals surface area contributed by atoms with Crippen LogP contribution in [-0.2, 0) is 19.6 Å². The van der Waals surface area contributed by atoms with Gasteiger partial charge in [0.1, 0.15) is 10.6 Å². The van der Waals surface area contributed by atoms with Gasteiger partial charge in [0.2, 0.25) is 10.0 Å². The number of carbonyl (C=O) groups is 1. The van der Waals surface area contributed by atoms with E-state index in [9.17, 15) is 13.2 Å². The number of sulfonamides is 1. The topological polar surface area (TPSA) is 81.7 Å². The number of nitrogens with one attached hydrogen (secondary N) is 1. The van der Waals surface area contributed by atoms with Crippen LogP contribution in [0.1, 0.15) is 37.4 Å². The van der Waals surface area contributed by atoms with Crippen molar-refractivity contribution in [3.63, 3.8) is 0 Å². The Morgan fingerprint density at radius 1 is 1.11 bits per heavy atom. The Labute approximate surface area is 170 Å². The predicted molar refractivity (Wildman–Crippen MR) is 108 cm³/mol. The summed E-state index contributed by atoms with van der Waals surface area (Å²) in [5.74, 6) is -0.301. The van der Waals surface area contributed by atoms with Crippen molar-refractivity contribution in [2.45, 2.75) is 38.1 Å². The molecule has 0 spiro atoms. The number of hydrogen-bond donors (Lipinski definition) is 1. The SMILES string of the molecule is CCOC(=O)C[C@H](NS(=O)(=O)c1cc(Cl)ccc1OCC)c1ccc(C)cc1. The molecule has 0 fully saturated rings. The van der Waals surface area contributed by atoms with E-state index in [2.05, 4.69) is 4.72 Å². The summed E-state index contributed by atoms with van der Waals surface area (Å²) >= 11 is 6.00. The third kappa shape index (κ3) is 5.95. The van der Waals surface area contributed by atoms with Crippen LogP contribution in [0.2, 0.25) is 5.02 Å². The average Bonchev–Trinajstić information content (AvgIpc) is 2.63. The highest BCUT2D eigenvalue weighted by Gasteiger charge is 2.27. The Bertz CT molecular complexity index is 913. The molecule has 0 saturated carbocycles. The van der Waals surface area contributed by atoms with E-state index in [0.717, 1.165) is 5.56 Å². The van der Waals surface area contributed by atoms with E-state index in [-0.39, 0.29) is 28.7 Å². The summed E-state index contributed by atoms with van der Waals surface area (Å²) in [5.41, 5.74) is 1.68. The lowest BCUT2D eigenvalue weighted by molar-refractivity contribution is -0.143. The minimum Gasteiger partial charge on any atom is -0.492 e. The molecule has 2 aromatic rings. The molecular weight excluding hydrogens is 402 g/mol. The molecule has 0 aliphatic heterocycles. The standard InChI is InChI=1S/C20H24ClNO5S/c1-4-26-18-11-10-16(21)12-19(18)28(24,25)22-17(13-20(23)27-5-2)15-8-6-14(3)7-9-15/h6-12,17,22H,4-5,13H2,1-3H3/t17-/m0/s1. The van der Waals surface area contributed by atoms with Crippen LogP contribution in [0.15, 0.2) is 47.4 Å². The van der Waals surface area contributed by atoms with Gasteiger partial charge in [-0.3, -0.25) is 4.79 Å². The van der Waals surface area contributed by atoms with Crippen LogP contribution < -0.4 is 9.46 Å². The second kappa shape index (κ2) is 9.91. The van der Waals surface area contributed by atoms with Crippen LogP contribution in [0.5, 0.6) is 5.75 Å². The van der Waals surface area contributed by atoms with Crippen molar-refractivity contribution >= 4 is 27.6 Å². The monoisotopic (exact) mass is 425 g/mol. The Balaban J connectivity index is 2.40. The van der Waals surface area contributed by atoms with Gasteiger partial charge in [0.05, 0.1) is 25.7 Å². The molecule has 2 rings (SSSR count). The van der Waals surface area contributed by atoms with E-state index in [4.69, 9.17) is 21.1 Å². The smallest absolute Gasteiger partial charge is 0.307 e. The molecule has 1 N–H and O–H groups in total. The minimum atomic E-state index is -4.02. The second-order valence-electron chi connectivity index (χ2n) is 6.12. The largest absolute Gasteiger partial charge is 0.492 e. The number of hydrogen-bond acceptors (Lipinski definition) is 5. The molecule has 6 nitrogen and oxygen atoms in total. The number of esters is 1. The van der Waals surface area contributed by atoms with Crippen LogP contribution in [0.25, 0.3) is 0 Å². The van der Waals surface area contributed by atoms with Crippen molar-refractivity contribution in [1.82, 2.24) is 4.72 Å². The van der Waals surface area contributed by atoms with Gasteiger partial charge in [-0.25, -0.2) is 13.1 Å². The van der Waals surface area contributed by atoms with E-state index >= 15 is 0 Å². The molecule has 0 radical (unpaired) electrons. The third-order valence-electron chi connectivity index (χ3n) is 3.95. The first-order chi connectivity index (χ1) is 13.3. The first kappa shape index (κ1) is 22.2. The normalized spacial score (nSPS) is 12.4. The zero-order chi connectivity index (χ0) is 20.7. The molecule has 2 aromatic carbocycles.